The maximum absolute atomic E-state index is 13.2. The van der Waals surface area contributed by atoms with Gasteiger partial charge in [0.25, 0.3) is 11.7 Å². The molecule has 0 unspecified atom stereocenters. The molecular formula is C25H27BrN2O7. The zero-order chi connectivity index (χ0) is 25.3. The standard InChI is InChI=1S/C25H27BrN2O7/c1-27(2)7-4-8-28-21(15-11-16(26)23(30)19(13-15)33-3)20(24(31)25(28)32)22(29)14-5-6-17-18(12-14)35-10-9-34-17/h5-6,11-13,21,29-30H,4,7-10H2,1-3H3/b22-20+/t21-/m1/s1. The van der Waals surface area contributed by atoms with Crippen LogP contribution in [0.25, 0.3) is 5.76 Å². The van der Waals surface area contributed by atoms with E-state index in [-0.39, 0.29) is 22.8 Å². The maximum atomic E-state index is 13.2. The van der Waals surface area contributed by atoms with Crippen molar-refractivity contribution in [3.63, 3.8) is 0 Å². The number of hydrogen-bond donors (Lipinski definition) is 2. The largest absolute Gasteiger partial charge is 0.507 e. The van der Waals surface area contributed by atoms with Crippen LogP contribution in [0.2, 0.25) is 0 Å². The van der Waals surface area contributed by atoms with Crippen molar-refractivity contribution in [1.82, 2.24) is 9.80 Å². The second-order valence-corrected chi connectivity index (χ2v) is 9.42. The van der Waals surface area contributed by atoms with Crippen LogP contribution in [0.3, 0.4) is 0 Å². The third kappa shape index (κ3) is 4.81. The van der Waals surface area contributed by atoms with E-state index in [1.54, 1.807) is 30.3 Å². The van der Waals surface area contributed by atoms with Crippen LogP contribution in [-0.4, -0.2) is 79.2 Å². The summed E-state index contributed by atoms with van der Waals surface area (Å²) in [5.41, 5.74) is 0.793. The Morgan fingerprint density at radius 1 is 1.17 bits per heavy atom. The molecule has 2 aromatic rings. The van der Waals surface area contributed by atoms with Gasteiger partial charge >= 0.3 is 0 Å². The van der Waals surface area contributed by atoms with Crippen LogP contribution in [0.4, 0.5) is 0 Å². The predicted octanol–water partition coefficient (Wildman–Crippen LogP) is 3.31. The molecule has 186 valence electrons. The molecule has 0 spiro atoms. The number of rotatable bonds is 7. The van der Waals surface area contributed by atoms with Gasteiger partial charge in [0.2, 0.25) is 0 Å². The quantitative estimate of drug-likeness (QED) is 0.309. The fourth-order valence-corrected chi connectivity index (χ4v) is 4.73. The van der Waals surface area contributed by atoms with Crippen LogP contribution in [0.1, 0.15) is 23.6 Å². The number of aliphatic hydroxyl groups is 1. The molecule has 0 radical (unpaired) electrons. The zero-order valence-electron chi connectivity index (χ0n) is 19.7. The maximum Gasteiger partial charge on any atom is 0.295 e. The Labute approximate surface area is 211 Å². The number of ether oxygens (including phenoxy) is 3. The molecule has 1 atom stereocenters. The number of fused-ring (bicyclic) bond motifs is 1. The summed E-state index contributed by atoms with van der Waals surface area (Å²) in [6.07, 6.45) is 0.622. The molecule has 2 N–H and O–H groups in total. The molecule has 2 aliphatic heterocycles. The molecule has 0 saturated carbocycles. The molecule has 1 fully saturated rings. The van der Waals surface area contributed by atoms with Crippen molar-refractivity contribution in [3.8, 4) is 23.0 Å². The number of phenols is 1. The lowest BCUT2D eigenvalue weighted by Gasteiger charge is -2.26. The van der Waals surface area contributed by atoms with Crippen molar-refractivity contribution in [1.29, 1.82) is 0 Å². The number of amides is 1. The number of carbonyl (C=O) groups excluding carboxylic acids is 2. The molecule has 2 aromatic carbocycles. The minimum absolute atomic E-state index is 0.0452. The number of halogens is 1. The highest BCUT2D eigenvalue weighted by Crippen LogP contribution is 2.45. The van der Waals surface area contributed by atoms with Gasteiger partial charge in [0, 0.05) is 12.1 Å². The van der Waals surface area contributed by atoms with Gasteiger partial charge < -0.3 is 34.2 Å². The first-order valence-corrected chi connectivity index (χ1v) is 11.9. The summed E-state index contributed by atoms with van der Waals surface area (Å²) in [5.74, 6) is -0.734. The molecular weight excluding hydrogens is 520 g/mol. The van der Waals surface area contributed by atoms with Gasteiger partial charge in [0.15, 0.2) is 23.0 Å². The molecule has 0 aliphatic carbocycles. The fourth-order valence-electron chi connectivity index (χ4n) is 4.27. The predicted molar refractivity (Wildman–Crippen MR) is 132 cm³/mol. The van der Waals surface area contributed by atoms with Gasteiger partial charge in [-0.2, -0.15) is 0 Å². The molecule has 4 rings (SSSR count). The van der Waals surface area contributed by atoms with Crippen LogP contribution in [0.5, 0.6) is 23.0 Å². The highest BCUT2D eigenvalue weighted by atomic mass is 79.9. The summed E-state index contributed by atoms with van der Waals surface area (Å²) in [6, 6.07) is 7.17. The van der Waals surface area contributed by atoms with Crippen LogP contribution in [0, 0.1) is 0 Å². The van der Waals surface area contributed by atoms with E-state index in [2.05, 4.69) is 15.9 Å². The minimum Gasteiger partial charge on any atom is -0.507 e. The normalized spacial score (nSPS) is 18.9. The van der Waals surface area contributed by atoms with Gasteiger partial charge in [-0.05, 0) is 78.9 Å². The average Bonchev–Trinajstić information content (AvgIpc) is 3.09. The summed E-state index contributed by atoms with van der Waals surface area (Å²) in [4.78, 5) is 29.8. The highest BCUT2D eigenvalue weighted by Gasteiger charge is 2.46. The number of benzene rings is 2. The van der Waals surface area contributed by atoms with Gasteiger partial charge in [-0.15, -0.1) is 0 Å². The van der Waals surface area contributed by atoms with Crippen molar-refractivity contribution in [2.45, 2.75) is 12.5 Å². The molecule has 10 heteroatoms. The van der Waals surface area contributed by atoms with E-state index >= 15 is 0 Å². The summed E-state index contributed by atoms with van der Waals surface area (Å²) >= 11 is 3.32. The van der Waals surface area contributed by atoms with Crippen LogP contribution in [0.15, 0.2) is 40.4 Å². The van der Waals surface area contributed by atoms with E-state index in [0.717, 1.165) is 0 Å². The number of phenolic OH excluding ortho intramolecular Hbond substituents is 1. The summed E-state index contributed by atoms with van der Waals surface area (Å²) in [7, 11) is 5.26. The van der Waals surface area contributed by atoms with Gasteiger partial charge in [-0.1, -0.05) is 0 Å². The fraction of sp³-hybridized carbons (Fsp3) is 0.360. The van der Waals surface area contributed by atoms with Crippen LogP contribution < -0.4 is 14.2 Å². The number of methoxy groups -OCH3 is 1. The number of likely N-dealkylation sites (tertiary alicyclic amines) is 1. The Morgan fingerprint density at radius 2 is 1.89 bits per heavy atom. The van der Waals surface area contributed by atoms with Gasteiger partial charge in [0.1, 0.15) is 19.0 Å². The molecule has 1 saturated heterocycles. The number of nitrogens with zero attached hydrogens (tertiary/aromatic N) is 2. The van der Waals surface area contributed by atoms with E-state index in [1.165, 1.54) is 12.0 Å². The van der Waals surface area contributed by atoms with Crippen molar-refractivity contribution in [2.24, 2.45) is 0 Å². The zero-order valence-corrected chi connectivity index (χ0v) is 21.3. The van der Waals surface area contributed by atoms with E-state index in [9.17, 15) is 19.8 Å². The molecule has 35 heavy (non-hydrogen) atoms. The Bertz CT molecular complexity index is 1190. The molecule has 2 heterocycles. The Hall–Kier alpha value is -3.24. The summed E-state index contributed by atoms with van der Waals surface area (Å²) < 4.78 is 16.8. The van der Waals surface area contributed by atoms with E-state index in [4.69, 9.17) is 14.2 Å². The lowest BCUT2D eigenvalue weighted by atomic mass is 9.94. The van der Waals surface area contributed by atoms with Crippen LogP contribution >= 0.6 is 15.9 Å². The monoisotopic (exact) mass is 546 g/mol. The summed E-state index contributed by atoms with van der Waals surface area (Å²) in [5, 5.41) is 21.6. The molecule has 2 aliphatic rings. The van der Waals surface area contributed by atoms with Gasteiger partial charge in [-0.25, -0.2) is 0 Å². The third-order valence-electron chi connectivity index (χ3n) is 5.95. The third-order valence-corrected chi connectivity index (χ3v) is 6.55. The second kappa shape index (κ2) is 10.2. The number of ketones is 1. The smallest absolute Gasteiger partial charge is 0.295 e. The lowest BCUT2D eigenvalue weighted by molar-refractivity contribution is -0.139. The lowest BCUT2D eigenvalue weighted by Crippen LogP contribution is -2.32. The van der Waals surface area contributed by atoms with Crippen molar-refractivity contribution in [3.05, 3.63) is 51.5 Å². The average molecular weight is 547 g/mol. The van der Waals surface area contributed by atoms with Crippen molar-refractivity contribution >= 4 is 33.4 Å². The highest BCUT2D eigenvalue weighted by molar-refractivity contribution is 9.10. The van der Waals surface area contributed by atoms with E-state index < -0.39 is 17.7 Å². The molecule has 1 amide bonds. The SMILES string of the molecule is COc1cc([C@@H]2/C(=C(\O)c3ccc4c(c3)OCCO4)C(=O)C(=O)N2CCCN(C)C)cc(Br)c1O. The first-order valence-electron chi connectivity index (χ1n) is 11.1. The number of Topliss-reactive ketones (excluding diaryl/α,β-unsaturated/α-hetero) is 1. The summed E-state index contributed by atoms with van der Waals surface area (Å²) in [6.45, 7) is 1.80. The first kappa shape index (κ1) is 24.9. The van der Waals surface area contributed by atoms with Gasteiger partial charge in [0.05, 0.1) is 23.2 Å². The molecule has 0 aromatic heterocycles. The van der Waals surface area contributed by atoms with Crippen molar-refractivity contribution < 1.29 is 34.0 Å². The second-order valence-electron chi connectivity index (χ2n) is 8.56. The van der Waals surface area contributed by atoms with Crippen LogP contribution in [-0.2, 0) is 9.59 Å². The molecule has 0 bridgehead atoms. The van der Waals surface area contributed by atoms with Crippen molar-refractivity contribution in [2.75, 3.05) is 47.5 Å². The Morgan fingerprint density at radius 3 is 2.57 bits per heavy atom. The first-order chi connectivity index (χ1) is 16.7. The number of carbonyl (C=O) groups is 2. The minimum atomic E-state index is -0.879. The molecule has 9 nitrogen and oxygen atoms in total. The topological polar surface area (TPSA) is 109 Å². The number of hydrogen-bond acceptors (Lipinski definition) is 8. The number of aromatic hydroxyl groups is 1. The van der Waals surface area contributed by atoms with E-state index in [1.807, 2.05) is 19.0 Å². The Kier molecular flexibility index (Phi) is 7.23. The van der Waals surface area contributed by atoms with E-state index in [0.29, 0.717) is 59.8 Å². The Balaban J connectivity index is 1.84. The number of aliphatic hydroxyl groups excluding tert-OH is 1. The van der Waals surface area contributed by atoms with Gasteiger partial charge in [-0.3, -0.25) is 9.59 Å².